The van der Waals surface area contributed by atoms with E-state index in [-0.39, 0.29) is 17.8 Å². The minimum atomic E-state index is -4.74. The maximum atomic E-state index is 12.7. The van der Waals surface area contributed by atoms with Crippen LogP contribution in [0.2, 0.25) is 0 Å². The third-order valence-corrected chi connectivity index (χ3v) is 6.12. The Labute approximate surface area is 197 Å². The molecule has 2 atom stereocenters. The van der Waals surface area contributed by atoms with Crippen molar-refractivity contribution in [3.8, 4) is 11.5 Å². The molecule has 2 aromatic carbocycles. The molecule has 1 aromatic heterocycles. The minimum absolute atomic E-state index is 0.121. The van der Waals surface area contributed by atoms with E-state index >= 15 is 0 Å². The Kier molecular flexibility index (Phi) is 7.74. The van der Waals surface area contributed by atoms with Gasteiger partial charge in [0.15, 0.2) is 0 Å². The van der Waals surface area contributed by atoms with Crippen LogP contribution in [0.4, 0.5) is 13.2 Å². The van der Waals surface area contributed by atoms with Crippen LogP contribution in [0.3, 0.4) is 0 Å². The highest BCUT2D eigenvalue weighted by atomic mass is 19.4. The quantitative estimate of drug-likeness (QED) is 0.484. The summed E-state index contributed by atoms with van der Waals surface area (Å²) >= 11 is 0. The average molecular weight is 475 g/mol. The topological polar surface area (TPSA) is 51.6 Å². The summed E-state index contributed by atoms with van der Waals surface area (Å²) in [7, 11) is 1.51. The van der Waals surface area contributed by atoms with Crippen LogP contribution in [0.5, 0.6) is 11.5 Å². The molecule has 1 aliphatic rings. The third-order valence-electron chi connectivity index (χ3n) is 6.12. The number of aromatic nitrogens is 2. The predicted molar refractivity (Wildman–Crippen MR) is 123 cm³/mol. The molecule has 2 unspecified atom stereocenters. The van der Waals surface area contributed by atoms with Crippen molar-refractivity contribution in [1.29, 1.82) is 0 Å². The van der Waals surface area contributed by atoms with Gasteiger partial charge in [-0.1, -0.05) is 30.3 Å². The van der Waals surface area contributed by atoms with Crippen molar-refractivity contribution in [3.05, 3.63) is 78.4 Å². The number of alkyl halides is 3. The molecule has 182 valence electrons. The predicted octanol–water partition coefficient (Wildman–Crippen LogP) is 4.79. The van der Waals surface area contributed by atoms with E-state index < -0.39 is 6.36 Å². The number of methoxy groups -OCH3 is 1. The molecule has 34 heavy (non-hydrogen) atoms. The van der Waals surface area contributed by atoms with Crippen molar-refractivity contribution in [1.82, 2.24) is 19.8 Å². The van der Waals surface area contributed by atoms with Gasteiger partial charge in [0, 0.05) is 43.6 Å². The molecule has 1 fully saturated rings. The Morgan fingerprint density at radius 2 is 1.94 bits per heavy atom. The maximum Gasteiger partial charge on any atom is 0.573 e. The van der Waals surface area contributed by atoms with E-state index in [9.17, 15) is 13.2 Å². The van der Waals surface area contributed by atoms with Crippen LogP contribution in [0.1, 0.15) is 30.0 Å². The number of piperidine rings is 1. The van der Waals surface area contributed by atoms with Gasteiger partial charge in [-0.25, -0.2) is 4.98 Å². The largest absolute Gasteiger partial charge is 0.573 e. The van der Waals surface area contributed by atoms with E-state index in [0.29, 0.717) is 17.9 Å². The standard InChI is InChI=1S/C25H29F3N4O2/c1-33-23-10-9-21(34-25(26,27)28)16-20(23)17-30-22-8-5-12-32(15-14-31-13-11-29-18-31)24(22)19-6-3-2-4-7-19/h2-4,6-7,9-11,13,16,18,22,24,30H,5,8,12,14-15,17H2,1H3. The first-order valence-corrected chi connectivity index (χ1v) is 11.3. The summed E-state index contributed by atoms with van der Waals surface area (Å²) in [5.41, 5.74) is 1.83. The molecule has 0 saturated carbocycles. The second-order valence-electron chi connectivity index (χ2n) is 8.34. The van der Waals surface area contributed by atoms with Crippen LogP contribution in [-0.4, -0.2) is 47.1 Å². The highest BCUT2D eigenvalue weighted by molar-refractivity contribution is 5.40. The van der Waals surface area contributed by atoms with Crippen LogP contribution in [-0.2, 0) is 13.1 Å². The molecule has 1 aliphatic heterocycles. The number of imidazole rings is 1. The van der Waals surface area contributed by atoms with Crippen molar-refractivity contribution in [2.24, 2.45) is 0 Å². The molecule has 1 N–H and O–H groups in total. The molecular weight excluding hydrogens is 445 g/mol. The summed E-state index contributed by atoms with van der Waals surface area (Å²) in [6.45, 7) is 3.04. The summed E-state index contributed by atoms with van der Waals surface area (Å²) < 4.78 is 49.7. The second kappa shape index (κ2) is 10.9. The van der Waals surface area contributed by atoms with Gasteiger partial charge in [-0.3, -0.25) is 4.90 Å². The lowest BCUT2D eigenvalue weighted by molar-refractivity contribution is -0.274. The summed E-state index contributed by atoms with van der Waals surface area (Å²) in [4.78, 5) is 6.60. The van der Waals surface area contributed by atoms with Gasteiger partial charge >= 0.3 is 6.36 Å². The smallest absolute Gasteiger partial charge is 0.496 e. The van der Waals surface area contributed by atoms with Crippen molar-refractivity contribution in [3.63, 3.8) is 0 Å². The molecule has 3 aromatic rings. The fourth-order valence-corrected chi connectivity index (χ4v) is 4.62. The SMILES string of the molecule is COc1ccc(OC(F)(F)F)cc1CNC1CCCN(CCn2ccnc2)C1c1ccccc1. The lowest BCUT2D eigenvalue weighted by Gasteiger charge is -2.42. The number of likely N-dealkylation sites (tertiary alicyclic amines) is 1. The highest BCUT2D eigenvalue weighted by Crippen LogP contribution is 2.33. The Balaban J connectivity index is 1.52. The number of hydrogen-bond donors (Lipinski definition) is 1. The zero-order valence-electron chi connectivity index (χ0n) is 19.0. The normalized spacial score (nSPS) is 19.2. The monoisotopic (exact) mass is 474 g/mol. The molecule has 2 heterocycles. The van der Waals surface area contributed by atoms with E-state index in [1.54, 1.807) is 6.20 Å². The van der Waals surface area contributed by atoms with E-state index in [0.717, 1.165) is 32.5 Å². The highest BCUT2D eigenvalue weighted by Gasteiger charge is 2.33. The van der Waals surface area contributed by atoms with Gasteiger partial charge < -0.3 is 19.4 Å². The zero-order chi connectivity index (χ0) is 24.0. The van der Waals surface area contributed by atoms with E-state index in [1.807, 2.05) is 30.7 Å². The van der Waals surface area contributed by atoms with Crippen LogP contribution in [0.15, 0.2) is 67.3 Å². The number of ether oxygens (including phenoxy) is 2. The minimum Gasteiger partial charge on any atom is -0.496 e. The van der Waals surface area contributed by atoms with Gasteiger partial charge in [0.2, 0.25) is 0 Å². The van der Waals surface area contributed by atoms with Gasteiger partial charge in [-0.2, -0.15) is 0 Å². The number of nitrogens with zero attached hydrogens (tertiary/aromatic N) is 3. The summed E-state index contributed by atoms with van der Waals surface area (Å²) in [6.07, 6.45) is 2.80. The second-order valence-corrected chi connectivity index (χ2v) is 8.34. The van der Waals surface area contributed by atoms with Crippen molar-refractivity contribution in [2.75, 3.05) is 20.2 Å². The van der Waals surface area contributed by atoms with Gasteiger partial charge in [-0.05, 0) is 43.1 Å². The molecule has 0 amide bonds. The summed E-state index contributed by atoms with van der Waals surface area (Å²) in [5, 5.41) is 3.60. The van der Waals surface area contributed by atoms with E-state index in [2.05, 4.69) is 36.6 Å². The average Bonchev–Trinajstić information content (AvgIpc) is 3.35. The van der Waals surface area contributed by atoms with Crippen LogP contribution >= 0.6 is 0 Å². The number of halogens is 3. The molecule has 0 radical (unpaired) electrons. The molecular formula is C25H29F3N4O2. The number of rotatable bonds is 9. The summed E-state index contributed by atoms with van der Waals surface area (Å²) in [6, 6.07) is 14.8. The number of hydrogen-bond acceptors (Lipinski definition) is 5. The molecule has 0 aliphatic carbocycles. The number of benzene rings is 2. The first-order chi connectivity index (χ1) is 16.4. The van der Waals surface area contributed by atoms with Crippen molar-refractivity contribution < 1.29 is 22.6 Å². The lowest BCUT2D eigenvalue weighted by atomic mass is 9.90. The van der Waals surface area contributed by atoms with Gasteiger partial charge in [0.1, 0.15) is 11.5 Å². The first-order valence-electron chi connectivity index (χ1n) is 11.3. The molecule has 4 rings (SSSR count). The van der Waals surface area contributed by atoms with Crippen molar-refractivity contribution >= 4 is 0 Å². The van der Waals surface area contributed by atoms with Gasteiger partial charge in [0.05, 0.1) is 19.5 Å². The fraction of sp³-hybridized carbons (Fsp3) is 0.400. The Morgan fingerprint density at radius 1 is 1.12 bits per heavy atom. The number of nitrogens with one attached hydrogen (secondary N) is 1. The first kappa shape index (κ1) is 24.1. The van der Waals surface area contributed by atoms with Crippen LogP contribution in [0, 0.1) is 0 Å². The maximum absolute atomic E-state index is 12.7. The molecule has 0 bridgehead atoms. The van der Waals surface area contributed by atoms with Gasteiger partial charge in [0.25, 0.3) is 0 Å². The van der Waals surface area contributed by atoms with E-state index in [1.165, 1.54) is 30.9 Å². The Hall–Kier alpha value is -3.04. The Morgan fingerprint density at radius 3 is 2.65 bits per heavy atom. The molecule has 1 saturated heterocycles. The van der Waals surface area contributed by atoms with E-state index in [4.69, 9.17) is 4.74 Å². The van der Waals surface area contributed by atoms with Crippen LogP contribution in [0.25, 0.3) is 0 Å². The summed E-state index contributed by atoms with van der Waals surface area (Å²) in [5.74, 6) is 0.265. The molecule has 9 heteroatoms. The van der Waals surface area contributed by atoms with Crippen LogP contribution < -0.4 is 14.8 Å². The zero-order valence-corrected chi connectivity index (χ0v) is 19.0. The van der Waals surface area contributed by atoms with Crippen molar-refractivity contribution in [2.45, 2.75) is 44.4 Å². The Bertz CT molecular complexity index is 1030. The molecule has 0 spiro atoms. The lowest BCUT2D eigenvalue weighted by Crippen LogP contribution is -2.48. The molecule has 6 nitrogen and oxygen atoms in total. The van der Waals surface area contributed by atoms with Gasteiger partial charge in [-0.15, -0.1) is 13.2 Å². The fourth-order valence-electron chi connectivity index (χ4n) is 4.62. The third kappa shape index (κ3) is 6.30.